The molecule has 25 heavy (non-hydrogen) atoms. The van der Waals surface area contributed by atoms with Crippen molar-refractivity contribution in [2.75, 3.05) is 0 Å². The van der Waals surface area contributed by atoms with Crippen molar-refractivity contribution in [3.63, 3.8) is 0 Å². The number of nitrogens with zero attached hydrogens (tertiary/aromatic N) is 2. The van der Waals surface area contributed by atoms with Gasteiger partial charge in [-0.1, -0.05) is 30.3 Å². The number of rotatable bonds is 6. The molecule has 1 atom stereocenters. The fourth-order valence-electron chi connectivity index (χ4n) is 1.88. The number of ketones is 2. The van der Waals surface area contributed by atoms with Crippen LogP contribution < -0.4 is 29.6 Å². The second kappa shape index (κ2) is 9.12. The zero-order valence-corrected chi connectivity index (χ0v) is 16.4. The molecule has 0 aliphatic carbocycles. The Labute approximate surface area is 167 Å². The molecular weight excluding hydrogens is 355 g/mol. The van der Waals surface area contributed by atoms with Crippen LogP contribution in [0.5, 0.6) is 0 Å². The summed E-state index contributed by atoms with van der Waals surface area (Å²) < 4.78 is 32.5. The van der Waals surface area contributed by atoms with Crippen LogP contribution in [0.15, 0.2) is 69.7 Å². The monoisotopic (exact) mass is 368 g/mol. The van der Waals surface area contributed by atoms with Crippen LogP contribution in [0.25, 0.3) is 0 Å². The van der Waals surface area contributed by atoms with Crippen molar-refractivity contribution in [2.45, 2.75) is 17.9 Å². The Morgan fingerprint density at radius 1 is 1.00 bits per heavy atom. The van der Waals surface area contributed by atoms with Crippen molar-refractivity contribution in [3.05, 3.63) is 60.2 Å². The van der Waals surface area contributed by atoms with Gasteiger partial charge in [0.15, 0.2) is 17.6 Å². The molecule has 2 aromatic carbocycles. The Balaban J connectivity index is 0.00000312. The van der Waals surface area contributed by atoms with Crippen molar-refractivity contribution >= 4 is 27.4 Å². The Kier molecular flexibility index (Phi) is 7.78. The number of hydrogen-bond donors (Lipinski definition) is 0. The molecule has 0 bridgehead atoms. The topological polar surface area (TPSA) is 116 Å². The summed E-state index contributed by atoms with van der Waals surface area (Å²) in [7, 11) is -4.54. The van der Waals surface area contributed by atoms with E-state index in [-0.39, 0.29) is 35.2 Å². The van der Waals surface area contributed by atoms with Gasteiger partial charge in [-0.2, -0.15) is 10.2 Å². The first kappa shape index (κ1) is 21.3. The van der Waals surface area contributed by atoms with E-state index < -0.39 is 32.6 Å². The third-order valence-electron chi connectivity index (χ3n) is 3.11. The molecule has 9 heteroatoms. The maximum atomic E-state index is 12.3. The number of carbonyl (C=O) groups excluding carboxylic acids is 2. The summed E-state index contributed by atoms with van der Waals surface area (Å²) in [5, 5.41) is 7.54. The van der Waals surface area contributed by atoms with E-state index in [0.29, 0.717) is 5.56 Å². The second-order valence-electron chi connectivity index (χ2n) is 4.91. The number of benzene rings is 2. The number of carbonyl (C=O) groups is 2. The predicted molar refractivity (Wildman–Crippen MR) is 84.2 cm³/mol. The third kappa shape index (κ3) is 5.94. The maximum Gasteiger partial charge on any atom is 1.00 e. The van der Waals surface area contributed by atoms with Gasteiger partial charge in [-0.15, -0.1) is 0 Å². The minimum Gasteiger partial charge on any atom is -0.744 e. The zero-order valence-electron chi connectivity index (χ0n) is 13.6. The van der Waals surface area contributed by atoms with Gasteiger partial charge in [0.25, 0.3) is 0 Å². The standard InChI is InChI=1S/C16H14N2O5S.Na/c1-11(19)15(16(20)12-5-3-2-4-6-12)18-17-13-7-9-14(10-8-13)24(21,22)23;/h2-10,15H,1H3,(H,21,22,23);/q;+1/p-1. The average Bonchev–Trinajstić information content (AvgIpc) is 2.55. The molecule has 2 aromatic rings. The van der Waals surface area contributed by atoms with Crippen LogP contribution in [0.4, 0.5) is 5.69 Å². The summed E-state index contributed by atoms with van der Waals surface area (Å²) in [4.78, 5) is 23.6. The molecule has 0 N–H and O–H groups in total. The Morgan fingerprint density at radius 3 is 2.04 bits per heavy atom. The molecule has 0 saturated carbocycles. The summed E-state index contributed by atoms with van der Waals surface area (Å²) in [5.74, 6) is -0.947. The van der Waals surface area contributed by atoms with Gasteiger partial charge in [-0.05, 0) is 31.2 Å². The molecule has 7 nitrogen and oxygen atoms in total. The average molecular weight is 368 g/mol. The fraction of sp³-hybridized carbons (Fsp3) is 0.125. The molecule has 0 fully saturated rings. The third-order valence-corrected chi connectivity index (χ3v) is 3.96. The van der Waals surface area contributed by atoms with E-state index in [1.807, 2.05) is 0 Å². The van der Waals surface area contributed by atoms with Gasteiger partial charge in [0.1, 0.15) is 10.1 Å². The van der Waals surface area contributed by atoms with Crippen LogP contribution in [-0.4, -0.2) is 30.6 Å². The van der Waals surface area contributed by atoms with Crippen molar-refractivity contribution in [1.29, 1.82) is 0 Å². The Hall–Kier alpha value is -1.71. The van der Waals surface area contributed by atoms with E-state index in [0.717, 1.165) is 12.1 Å². The summed E-state index contributed by atoms with van der Waals surface area (Å²) >= 11 is 0. The van der Waals surface area contributed by atoms with Gasteiger partial charge in [0.2, 0.25) is 0 Å². The van der Waals surface area contributed by atoms with Gasteiger partial charge in [-0.25, -0.2) is 8.42 Å². The summed E-state index contributed by atoms with van der Waals surface area (Å²) in [5.41, 5.74) is 0.555. The Morgan fingerprint density at radius 2 is 1.56 bits per heavy atom. The molecule has 0 spiro atoms. The van der Waals surface area contributed by atoms with Crippen molar-refractivity contribution in [1.82, 2.24) is 0 Å². The Bertz CT molecular complexity index is 881. The fourth-order valence-corrected chi connectivity index (χ4v) is 2.35. The molecule has 0 saturated heterocycles. The van der Waals surface area contributed by atoms with E-state index in [1.165, 1.54) is 19.1 Å². The van der Waals surface area contributed by atoms with Gasteiger partial charge in [-0.3, -0.25) is 9.59 Å². The van der Waals surface area contributed by atoms with Crippen LogP contribution in [0.3, 0.4) is 0 Å². The van der Waals surface area contributed by atoms with E-state index in [1.54, 1.807) is 30.3 Å². The molecule has 124 valence electrons. The van der Waals surface area contributed by atoms with E-state index in [9.17, 15) is 22.6 Å². The number of Topliss-reactive ketones (excluding diaryl/α,β-unsaturated/α-hetero) is 2. The van der Waals surface area contributed by atoms with Gasteiger partial charge in [0, 0.05) is 5.56 Å². The van der Waals surface area contributed by atoms with E-state index in [2.05, 4.69) is 10.2 Å². The first-order valence-electron chi connectivity index (χ1n) is 6.85. The molecule has 0 amide bonds. The normalized spacial score (nSPS) is 12.4. The van der Waals surface area contributed by atoms with Crippen LogP contribution in [0.2, 0.25) is 0 Å². The smallest absolute Gasteiger partial charge is 0.744 e. The van der Waals surface area contributed by atoms with Gasteiger partial charge in [0.05, 0.1) is 10.6 Å². The number of azo groups is 1. The quantitative estimate of drug-likeness (QED) is 0.224. The predicted octanol–water partition coefficient (Wildman–Crippen LogP) is -0.481. The molecule has 0 heterocycles. The van der Waals surface area contributed by atoms with Crippen molar-refractivity contribution in [2.24, 2.45) is 10.2 Å². The van der Waals surface area contributed by atoms with Crippen molar-refractivity contribution < 1.29 is 52.1 Å². The van der Waals surface area contributed by atoms with Crippen LogP contribution in [0, 0.1) is 0 Å². The maximum absolute atomic E-state index is 12.3. The minimum atomic E-state index is -4.54. The molecule has 0 aromatic heterocycles. The van der Waals surface area contributed by atoms with E-state index >= 15 is 0 Å². The summed E-state index contributed by atoms with van der Waals surface area (Å²) in [6, 6.07) is 11.6. The molecular formula is C16H13N2NaO5S. The largest absolute Gasteiger partial charge is 1.00 e. The van der Waals surface area contributed by atoms with Crippen LogP contribution >= 0.6 is 0 Å². The van der Waals surface area contributed by atoms with Gasteiger partial charge < -0.3 is 4.55 Å². The first-order chi connectivity index (χ1) is 11.3. The molecule has 0 aliphatic rings. The first-order valence-corrected chi connectivity index (χ1v) is 8.26. The number of hydrogen-bond acceptors (Lipinski definition) is 7. The molecule has 2 rings (SSSR count). The van der Waals surface area contributed by atoms with Gasteiger partial charge >= 0.3 is 29.6 Å². The summed E-state index contributed by atoms with van der Waals surface area (Å²) in [6.07, 6.45) is 0. The van der Waals surface area contributed by atoms with E-state index in [4.69, 9.17) is 0 Å². The van der Waals surface area contributed by atoms with Crippen LogP contribution in [-0.2, 0) is 14.9 Å². The zero-order chi connectivity index (χ0) is 17.7. The SMILES string of the molecule is CC(=O)C(N=Nc1ccc(S(=O)(=O)[O-])cc1)C(=O)c1ccccc1.[Na+]. The molecule has 1 unspecified atom stereocenters. The molecule has 0 aliphatic heterocycles. The van der Waals surface area contributed by atoms with Crippen LogP contribution in [0.1, 0.15) is 17.3 Å². The second-order valence-corrected chi connectivity index (χ2v) is 6.29. The minimum absolute atomic E-state index is 0. The molecule has 0 radical (unpaired) electrons. The summed E-state index contributed by atoms with van der Waals surface area (Å²) in [6.45, 7) is 1.23. The van der Waals surface area contributed by atoms with Crippen molar-refractivity contribution in [3.8, 4) is 0 Å².